The van der Waals surface area contributed by atoms with E-state index in [4.69, 9.17) is 9.47 Å². The van der Waals surface area contributed by atoms with Crippen molar-refractivity contribution < 1.29 is 38.6 Å². The minimum absolute atomic E-state index is 0.0477. The Labute approximate surface area is 360 Å². The number of benzene rings is 2. The molecule has 1 aliphatic heterocycles. The number of ether oxygens (including phenoxy) is 2. The molecule has 328 valence electrons. The van der Waals surface area contributed by atoms with Crippen LogP contribution in [0.2, 0.25) is 0 Å². The maximum absolute atomic E-state index is 14.8. The van der Waals surface area contributed by atoms with Gasteiger partial charge in [0.2, 0.25) is 5.91 Å². The highest BCUT2D eigenvalue weighted by Gasteiger charge is 2.39. The number of aromatic nitrogens is 1. The number of likely N-dealkylation sites (N-methyl/N-ethyl adjacent to an activating group) is 1. The van der Waals surface area contributed by atoms with Crippen molar-refractivity contribution >= 4 is 40.9 Å². The molecule has 13 heteroatoms. The first-order chi connectivity index (χ1) is 28.6. The largest absolute Gasteiger partial charge is 0.481 e. The van der Waals surface area contributed by atoms with Gasteiger partial charge in [-0.3, -0.25) is 28.9 Å². The zero-order chi connectivity index (χ0) is 43.9. The predicted octanol–water partition coefficient (Wildman–Crippen LogP) is 7.86. The van der Waals surface area contributed by atoms with Crippen LogP contribution >= 0.6 is 11.3 Å². The van der Waals surface area contributed by atoms with Crippen molar-refractivity contribution in [3.05, 3.63) is 76.2 Å². The molecule has 0 saturated carbocycles. The third-order valence-corrected chi connectivity index (χ3v) is 12.9. The van der Waals surface area contributed by atoms with Gasteiger partial charge in [0.15, 0.2) is 11.9 Å². The number of ketones is 1. The molecule has 2 N–H and O–H groups in total. The van der Waals surface area contributed by atoms with Gasteiger partial charge < -0.3 is 24.8 Å². The van der Waals surface area contributed by atoms with Gasteiger partial charge >= 0.3 is 11.9 Å². The predicted molar refractivity (Wildman–Crippen MR) is 235 cm³/mol. The summed E-state index contributed by atoms with van der Waals surface area (Å²) in [5.41, 5.74) is 3.20. The number of methoxy groups -OCH3 is 1. The van der Waals surface area contributed by atoms with E-state index in [0.29, 0.717) is 11.4 Å². The normalized spacial score (nSPS) is 17.5. The number of piperidine rings is 1. The highest BCUT2D eigenvalue weighted by atomic mass is 32.1. The molecule has 2 amide bonds. The van der Waals surface area contributed by atoms with Crippen LogP contribution in [0.1, 0.15) is 114 Å². The Kier molecular flexibility index (Phi) is 18.9. The van der Waals surface area contributed by atoms with Crippen LogP contribution in [-0.4, -0.2) is 101 Å². The molecule has 2 heterocycles. The number of Topliss-reactive ketones (excluding diaryl/α,β-unsaturated/α-hetero) is 1. The van der Waals surface area contributed by atoms with E-state index < -0.39 is 47.9 Å². The number of carboxylic acid groups (broad SMARTS) is 1. The van der Waals surface area contributed by atoms with Gasteiger partial charge in [-0.2, -0.15) is 0 Å². The molecule has 2 aromatic carbocycles. The molecule has 12 nitrogen and oxygen atoms in total. The van der Waals surface area contributed by atoms with Gasteiger partial charge in [0.1, 0.15) is 10.7 Å². The summed E-state index contributed by atoms with van der Waals surface area (Å²) in [6.07, 6.45) is 3.68. The number of carboxylic acids is 1. The third-order valence-electron chi connectivity index (χ3n) is 11.9. The van der Waals surface area contributed by atoms with E-state index in [2.05, 4.69) is 15.2 Å². The molecule has 0 spiro atoms. The monoisotopic (exact) mass is 846 g/mol. The number of thiazole rings is 1. The molecule has 3 aromatic rings. The van der Waals surface area contributed by atoms with Gasteiger partial charge in [-0.1, -0.05) is 102 Å². The van der Waals surface area contributed by atoms with Crippen molar-refractivity contribution in [1.82, 2.24) is 20.1 Å². The third kappa shape index (κ3) is 13.8. The van der Waals surface area contributed by atoms with E-state index in [9.17, 15) is 29.1 Å². The number of aliphatic carboxylic acids is 1. The standard InChI is InChI=1S/C47H66N4O8S/c1-9-31(4)38(27-42(53)40-17-13-14-22-50(40)7)46(55)51(23-24-58-8)41(30(2)3)28-43(59-33(6)52)45-49-39(29-60-45)44(54)48-37(25-32(5)47(56)57)26-34-18-20-36(21-19-34)35-15-11-10-12-16-35/h10-12,15-16,18-21,29-32,37-38,40-41,43H,9,13-14,17,22-28H2,1-8H3,(H,48,54)(H,56,57). The summed E-state index contributed by atoms with van der Waals surface area (Å²) in [5.74, 6) is -3.34. The highest BCUT2D eigenvalue weighted by molar-refractivity contribution is 7.09. The van der Waals surface area contributed by atoms with Crippen LogP contribution in [0.15, 0.2) is 60.0 Å². The van der Waals surface area contributed by atoms with Crippen LogP contribution < -0.4 is 5.32 Å². The smallest absolute Gasteiger partial charge is 0.306 e. The SMILES string of the molecule is CCC(C)C(CC(=O)C1CCCCN1C)C(=O)N(CCOC)C(CC(OC(C)=O)c1nc(C(=O)NC(Cc2ccc(-c3ccccc3)cc2)CC(C)C(=O)O)cs1)C(C)C. The van der Waals surface area contributed by atoms with Crippen molar-refractivity contribution in [2.75, 3.05) is 33.9 Å². The fraction of sp³-hybridized carbons (Fsp3) is 0.574. The molecule has 4 rings (SSSR count). The van der Waals surface area contributed by atoms with Crippen molar-refractivity contribution in [2.45, 2.75) is 117 Å². The summed E-state index contributed by atoms with van der Waals surface area (Å²) in [5, 5.41) is 14.8. The zero-order valence-corrected chi connectivity index (χ0v) is 37.5. The van der Waals surface area contributed by atoms with Crippen molar-refractivity contribution in [3.8, 4) is 11.1 Å². The Morgan fingerprint density at radius 2 is 1.67 bits per heavy atom. The molecule has 0 bridgehead atoms. The van der Waals surface area contributed by atoms with Crippen molar-refractivity contribution in [3.63, 3.8) is 0 Å². The Morgan fingerprint density at radius 3 is 2.27 bits per heavy atom. The molecule has 1 saturated heterocycles. The number of hydrogen-bond acceptors (Lipinski definition) is 10. The lowest BCUT2D eigenvalue weighted by Gasteiger charge is -2.39. The van der Waals surface area contributed by atoms with Crippen LogP contribution in [0.5, 0.6) is 0 Å². The van der Waals surface area contributed by atoms with E-state index in [0.717, 1.165) is 48.9 Å². The minimum atomic E-state index is -0.953. The van der Waals surface area contributed by atoms with Gasteiger partial charge in [-0.05, 0) is 67.8 Å². The molecular formula is C47H66N4O8S. The van der Waals surface area contributed by atoms with Crippen LogP contribution in [0, 0.1) is 23.7 Å². The number of hydrogen-bond donors (Lipinski definition) is 2. The van der Waals surface area contributed by atoms with Crippen LogP contribution in [-0.2, 0) is 35.1 Å². The number of rotatable bonds is 23. The lowest BCUT2D eigenvalue weighted by molar-refractivity contribution is -0.150. The molecule has 7 unspecified atom stereocenters. The van der Waals surface area contributed by atoms with E-state index in [1.165, 1.54) is 18.3 Å². The van der Waals surface area contributed by atoms with E-state index in [1.807, 2.05) is 89.3 Å². The second-order valence-corrected chi connectivity index (χ2v) is 17.7. The maximum Gasteiger partial charge on any atom is 0.306 e. The number of nitrogens with zero attached hydrogens (tertiary/aromatic N) is 3. The van der Waals surface area contributed by atoms with Gasteiger partial charge in [0, 0.05) is 56.8 Å². The molecule has 7 atom stereocenters. The molecule has 0 aliphatic carbocycles. The lowest BCUT2D eigenvalue weighted by Crippen LogP contribution is -2.50. The molecule has 1 aliphatic rings. The Hall–Kier alpha value is -4.46. The lowest BCUT2D eigenvalue weighted by atomic mass is 9.82. The fourth-order valence-corrected chi connectivity index (χ4v) is 8.98. The van der Waals surface area contributed by atoms with Gasteiger partial charge in [-0.15, -0.1) is 11.3 Å². The summed E-state index contributed by atoms with van der Waals surface area (Å²) >= 11 is 1.19. The second kappa shape index (κ2) is 23.5. The minimum Gasteiger partial charge on any atom is -0.481 e. The summed E-state index contributed by atoms with van der Waals surface area (Å²) < 4.78 is 11.4. The topological polar surface area (TPSA) is 155 Å². The Bertz CT molecular complexity index is 1850. The summed E-state index contributed by atoms with van der Waals surface area (Å²) in [7, 11) is 3.56. The number of carbonyl (C=O) groups excluding carboxylic acids is 4. The van der Waals surface area contributed by atoms with Crippen LogP contribution in [0.3, 0.4) is 0 Å². The molecule has 60 heavy (non-hydrogen) atoms. The van der Waals surface area contributed by atoms with Crippen LogP contribution in [0.25, 0.3) is 11.1 Å². The summed E-state index contributed by atoms with van der Waals surface area (Å²) in [6.45, 7) is 12.4. The van der Waals surface area contributed by atoms with Crippen molar-refractivity contribution in [2.24, 2.45) is 23.7 Å². The average molecular weight is 847 g/mol. The summed E-state index contributed by atoms with van der Waals surface area (Å²) in [6, 6.07) is 16.9. The first-order valence-electron chi connectivity index (χ1n) is 21.5. The molecule has 1 aromatic heterocycles. The average Bonchev–Trinajstić information content (AvgIpc) is 3.73. The quantitative estimate of drug-likeness (QED) is 0.0902. The summed E-state index contributed by atoms with van der Waals surface area (Å²) in [4.78, 5) is 75.4. The van der Waals surface area contributed by atoms with Crippen molar-refractivity contribution in [1.29, 1.82) is 0 Å². The highest BCUT2D eigenvalue weighted by Crippen LogP contribution is 2.34. The number of amides is 2. The van der Waals surface area contributed by atoms with Gasteiger partial charge in [0.25, 0.3) is 5.91 Å². The molecular weight excluding hydrogens is 781 g/mol. The molecule has 0 radical (unpaired) electrons. The first-order valence-corrected chi connectivity index (χ1v) is 22.3. The van der Waals surface area contributed by atoms with E-state index in [-0.39, 0.29) is 67.7 Å². The Morgan fingerprint density at radius 1 is 0.983 bits per heavy atom. The zero-order valence-electron chi connectivity index (χ0n) is 36.7. The maximum atomic E-state index is 14.8. The fourth-order valence-electron chi connectivity index (χ4n) is 8.14. The van der Waals surface area contributed by atoms with Gasteiger partial charge in [0.05, 0.1) is 18.6 Å². The van der Waals surface area contributed by atoms with E-state index in [1.54, 1.807) is 24.3 Å². The number of carbonyl (C=O) groups is 5. The van der Waals surface area contributed by atoms with Crippen LogP contribution in [0.4, 0.5) is 0 Å². The second-order valence-electron chi connectivity index (χ2n) is 16.8. The first kappa shape index (κ1) is 48.2. The Balaban J connectivity index is 1.57. The number of likely N-dealkylation sites (tertiary alicyclic amines) is 1. The van der Waals surface area contributed by atoms with E-state index >= 15 is 0 Å². The molecule has 1 fully saturated rings. The number of nitrogens with one attached hydrogen (secondary N) is 1. The van der Waals surface area contributed by atoms with Gasteiger partial charge in [-0.25, -0.2) is 4.98 Å². The number of esters is 1.